The van der Waals surface area contributed by atoms with Crippen molar-refractivity contribution in [1.29, 1.82) is 5.41 Å². The lowest BCUT2D eigenvalue weighted by molar-refractivity contribution is 0.319. The third-order valence-electron chi connectivity index (χ3n) is 4.10. The zero-order valence-corrected chi connectivity index (χ0v) is 11.7. The first-order chi connectivity index (χ1) is 8.79. The summed E-state index contributed by atoms with van der Waals surface area (Å²) in [7, 11) is 0. The van der Waals surface area contributed by atoms with E-state index in [1.807, 2.05) is 6.07 Å². The third kappa shape index (κ3) is 2.05. The van der Waals surface area contributed by atoms with Gasteiger partial charge in [-0.25, -0.2) is 0 Å². The number of nitrogens with zero attached hydrogens (tertiary/aromatic N) is 1. The van der Waals surface area contributed by atoms with Crippen LogP contribution in [-0.2, 0) is 6.54 Å². The van der Waals surface area contributed by atoms with Crippen LogP contribution in [0.3, 0.4) is 0 Å². The summed E-state index contributed by atoms with van der Waals surface area (Å²) in [5.41, 5.74) is 2.47. The van der Waals surface area contributed by atoms with Crippen molar-refractivity contribution in [2.45, 2.75) is 44.0 Å². The van der Waals surface area contributed by atoms with Gasteiger partial charge in [0.15, 0.2) is 0 Å². The molecule has 3 heteroatoms. The van der Waals surface area contributed by atoms with Gasteiger partial charge in [0.1, 0.15) is 5.84 Å². The first-order valence-electron chi connectivity index (χ1n) is 6.84. The molecule has 2 aliphatic rings. The summed E-state index contributed by atoms with van der Waals surface area (Å²) in [5.74, 6) is 1.97. The highest BCUT2D eigenvalue weighted by Crippen LogP contribution is 2.36. The number of benzene rings is 1. The highest BCUT2D eigenvalue weighted by Gasteiger charge is 2.34. The van der Waals surface area contributed by atoms with E-state index in [-0.39, 0.29) is 0 Å². The Kier molecular flexibility index (Phi) is 3.33. The molecule has 1 saturated carbocycles. The second-order valence-electron chi connectivity index (χ2n) is 5.18. The van der Waals surface area contributed by atoms with E-state index in [1.54, 1.807) is 0 Å². The molecule has 1 aromatic carbocycles. The summed E-state index contributed by atoms with van der Waals surface area (Å²) in [5, 5.41) is 9.16. The van der Waals surface area contributed by atoms with Gasteiger partial charge in [0.25, 0.3) is 0 Å². The van der Waals surface area contributed by atoms with Crippen LogP contribution in [0.5, 0.6) is 0 Å². The lowest BCUT2D eigenvalue weighted by Crippen LogP contribution is -2.33. The van der Waals surface area contributed by atoms with Crippen LogP contribution >= 0.6 is 11.8 Å². The first-order valence-corrected chi connectivity index (χ1v) is 7.89. The highest BCUT2D eigenvalue weighted by atomic mass is 32.2. The number of hydrogen-bond donors (Lipinski definition) is 1. The molecule has 1 aromatic rings. The number of hydrogen-bond acceptors (Lipinski definition) is 2. The molecule has 0 saturated heterocycles. The average Bonchev–Trinajstić information content (AvgIpc) is 2.96. The van der Waals surface area contributed by atoms with E-state index in [0.717, 1.165) is 23.2 Å². The Morgan fingerprint density at radius 2 is 2.17 bits per heavy atom. The minimum absolute atomic E-state index is 0.592. The molecule has 1 aliphatic heterocycles. The van der Waals surface area contributed by atoms with Gasteiger partial charge in [-0.2, -0.15) is 11.8 Å². The molecular formula is C15H20N2S. The van der Waals surface area contributed by atoms with Crippen LogP contribution in [0.4, 0.5) is 0 Å². The van der Waals surface area contributed by atoms with Gasteiger partial charge in [-0.05, 0) is 30.6 Å². The summed E-state index contributed by atoms with van der Waals surface area (Å²) in [6.45, 7) is 3.19. The summed E-state index contributed by atoms with van der Waals surface area (Å²) in [6.07, 6.45) is 3.84. The van der Waals surface area contributed by atoms with Gasteiger partial charge in [0, 0.05) is 23.4 Å². The van der Waals surface area contributed by atoms with Crippen molar-refractivity contribution in [1.82, 2.24) is 4.90 Å². The summed E-state index contributed by atoms with van der Waals surface area (Å²) in [4.78, 5) is 2.32. The van der Waals surface area contributed by atoms with E-state index in [9.17, 15) is 0 Å². The summed E-state index contributed by atoms with van der Waals surface area (Å²) >= 11 is 2.09. The maximum absolute atomic E-state index is 8.34. The van der Waals surface area contributed by atoms with E-state index in [1.165, 1.54) is 30.6 Å². The lowest BCUT2D eigenvalue weighted by atomic mass is 10.1. The minimum atomic E-state index is 0.592. The number of thioether (sulfide) groups is 1. The fourth-order valence-electron chi connectivity index (χ4n) is 3.21. The lowest BCUT2D eigenvalue weighted by Gasteiger charge is -2.25. The molecule has 0 radical (unpaired) electrons. The number of fused-ring (bicyclic) bond motifs is 1. The van der Waals surface area contributed by atoms with Gasteiger partial charge in [-0.3, -0.25) is 5.41 Å². The molecule has 1 fully saturated rings. The van der Waals surface area contributed by atoms with E-state index >= 15 is 0 Å². The van der Waals surface area contributed by atoms with Crippen molar-refractivity contribution in [3.63, 3.8) is 0 Å². The van der Waals surface area contributed by atoms with Gasteiger partial charge >= 0.3 is 0 Å². The Bertz CT molecular complexity index is 458. The largest absolute Gasteiger partial charge is 0.349 e. The fraction of sp³-hybridized carbons (Fsp3) is 0.533. The molecule has 2 nitrogen and oxygen atoms in total. The molecule has 18 heavy (non-hydrogen) atoms. The van der Waals surface area contributed by atoms with Crippen molar-refractivity contribution in [2.24, 2.45) is 0 Å². The van der Waals surface area contributed by atoms with Crippen molar-refractivity contribution < 1.29 is 0 Å². The monoisotopic (exact) mass is 260 g/mol. The molecule has 0 aromatic heterocycles. The SMILES string of the molecule is CCSC1CCC(N2Cc3ccccc3C2=N)C1. The Labute approximate surface area is 113 Å². The Balaban J connectivity index is 1.72. The van der Waals surface area contributed by atoms with E-state index < -0.39 is 0 Å². The van der Waals surface area contributed by atoms with Gasteiger partial charge in [0.2, 0.25) is 0 Å². The third-order valence-corrected chi connectivity index (χ3v) is 5.33. The second-order valence-corrected chi connectivity index (χ2v) is 6.76. The molecule has 0 bridgehead atoms. The van der Waals surface area contributed by atoms with Crippen LogP contribution in [0.1, 0.15) is 37.3 Å². The van der Waals surface area contributed by atoms with Gasteiger partial charge in [-0.1, -0.05) is 31.2 Å². The fourth-order valence-corrected chi connectivity index (χ4v) is 4.34. The van der Waals surface area contributed by atoms with E-state index in [4.69, 9.17) is 5.41 Å². The predicted octanol–water partition coefficient (Wildman–Crippen LogP) is 3.50. The van der Waals surface area contributed by atoms with Crippen LogP contribution in [0.2, 0.25) is 0 Å². The Morgan fingerprint density at radius 3 is 2.94 bits per heavy atom. The molecular weight excluding hydrogens is 240 g/mol. The zero-order valence-electron chi connectivity index (χ0n) is 10.9. The molecule has 2 unspecified atom stereocenters. The maximum Gasteiger partial charge on any atom is 0.128 e. The molecule has 2 atom stereocenters. The van der Waals surface area contributed by atoms with Gasteiger partial charge in [0.05, 0.1) is 0 Å². The van der Waals surface area contributed by atoms with Crippen molar-refractivity contribution in [2.75, 3.05) is 5.75 Å². The van der Waals surface area contributed by atoms with Crippen LogP contribution in [0.25, 0.3) is 0 Å². The Morgan fingerprint density at radius 1 is 1.33 bits per heavy atom. The number of rotatable bonds is 3. The number of amidine groups is 1. The topological polar surface area (TPSA) is 27.1 Å². The molecule has 0 amide bonds. The highest BCUT2D eigenvalue weighted by molar-refractivity contribution is 7.99. The van der Waals surface area contributed by atoms with Crippen LogP contribution < -0.4 is 0 Å². The smallest absolute Gasteiger partial charge is 0.128 e. The van der Waals surface area contributed by atoms with Crippen molar-refractivity contribution in [3.8, 4) is 0 Å². The van der Waals surface area contributed by atoms with Crippen LogP contribution in [0.15, 0.2) is 24.3 Å². The molecule has 1 aliphatic carbocycles. The molecule has 1 heterocycles. The average molecular weight is 260 g/mol. The second kappa shape index (κ2) is 4.96. The summed E-state index contributed by atoms with van der Waals surface area (Å²) in [6, 6.07) is 8.97. The van der Waals surface area contributed by atoms with Gasteiger partial charge < -0.3 is 4.90 Å². The molecule has 96 valence electrons. The minimum Gasteiger partial charge on any atom is -0.349 e. The quantitative estimate of drug-likeness (QED) is 0.900. The normalized spacial score (nSPS) is 26.7. The standard InChI is InChI=1S/C15H20N2S/c1-2-18-13-8-7-12(9-13)17-10-11-5-3-4-6-14(11)15(17)16/h3-6,12-13,16H,2,7-10H2,1H3. The number of nitrogens with one attached hydrogen (secondary N) is 1. The van der Waals surface area contributed by atoms with Crippen LogP contribution in [0, 0.1) is 5.41 Å². The van der Waals surface area contributed by atoms with Crippen molar-refractivity contribution >= 4 is 17.6 Å². The summed E-state index contributed by atoms with van der Waals surface area (Å²) < 4.78 is 0. The van der Waals surface area contributed by atoms with Crippen LogP contribution in [-0.4, -0.2) is 27.8 Å². The van der Waals surface area contributed by atoms with E-state index in [0.29, 0.717) is 6.04 Å². The Hall–Kier alpha value is -0.960. The van der Waals surface area contributed by atoms with Gasteiger partial charge in [-0.15, -0.1) is 0 Å². The molecule has 0 spiro atoms. The predicted molar refractivity (Wildman–Crippen MR) is 78.4 cm³/mol. The van der Waals surface area contributed by atoms with E-state index in [2.05, 4.69) is 41.8 Å². The first kappa shape index (κ1) is 12.1. The zero-order chi connectivity index (χ0) is 12.5. The maximum atomic E-state index is 8.34. The van der Waals surface area contributed by atoms with Crippen molar-refractivity contribution in [3.05, 3.63) is 35.4 Å². The molecule has 1 N–H and O–H groups in total. The molecule has 3 rings (SSSR count).